The first-order chi connectivity index (χ1) is 8.48. The predicted molar refractivity (Wildman–Crippen MR) is 73.2 cm³/mol. The summed E-state index contributed by atoms with van der Waals surface area (Å²) < 4.78 is 5.12. The number of rotatable bonds is 6. The Morgan fingerprint density at radius 3 is 2.78 bits per heavy atom. The molecule has 1 rings (SSSR count). The van der Waals surface area contributed by atoms with E-state index in [1.165, 1.54) is 6.42 Å². The minimum atomic E-state index is -0.285. The molecular weight excluding hydrogens is 228 g/mol. The lowest BCUT2D eigenvalue weighted by Crippen LogP contribution is -2.49. The van der Waals surface area contributed by atoms with Crippen LogP contribution in [0.5, 0.6) is 0 Å². The Hall–Kier alpha value is -0.610. The van der Waals surface area contributed by atoms with Crippen molar-refractivity contribution in [3.63, 3.8) is 0 Å². The molecule has 0 bridgehead atoms. The van der Waals surface area contributed by atoms with Gasteiger partial charge in [0.2, 0.25) is 5.91 Å². The molecule has 3 N–H and O–H groups in total. The van der Waals surface area contributed by atoms with Gasteiger partial charge >= 0.3 is 0 Å². The maximum absolute atomic E-state index is 12.2. The zero-order valence-electron chi connectivity index (χ0n) is 12.0. The maximum atomic E-state index is 12.2. The summed E-state index contributed by atoms with van der Waals surface area (Å²) in [6, 6.07) is 0. The fourth-order valence-electron chi connectivity index (χ4n) is 2.86. The van der Waals surface area contributed by atoms with Crippen molar-refractivity contribution in [3.05, 3.63) is 0 Å². The fraction of sp³-hybridized carbons (Fsp3) is 0.929. The SMILES string of the molecule is COCC(C)(C)NC(=O)C1CCCC(CCN)C1. The van der Waals surface area contributed by atoms with Crippen LogP contribution < -0.4 is 11.1 Å². The normalized spacial score (nSPS) is 24.9. The van der Waals surface area contributed by atoms with Crippen molar-refractivity contribution in [2.75, 3.05) is 20.3 Å². The number of hydrogen-bond donors (Lipinski definition) is 2. The van der Waals surface area contributed by atoms with Gasteiger partial charge < -0.3 is 15.8 Å². The van der Waals surface area contributed by atoms with Crippen molar-refractivity contribution < 1.29 is 9.53 Å². The average molecular weight is 256 g/mol. The Kier molecular flexibility index (Phi) is 6.09. The van der Waals surface area contributed by atoms with E-state index < -0.39 is 0 Å². The van der Waals surface area contributed by atoms with Crippen LogP contribution >= 0.6 is 0 Å². The quantitative estimate of drug-likeness (QED) is 0.760. The van der Waals surface area contributed by atoms with Gasteiger partial charge in [-0.1, -0.05) is 12.8 Å². The van der Waals surface area contributed by atoms with E-state index in [9.17, 15) is 4.79 Å². The van der Waals surface area contributed by atoms with Crippen LogP contribution in [0.1, 0.15) is 46.0 Å². The van der Waals surface area contributed by atoms with Crippen LogP contribution in [0.2, 0.25) is 0 Å². The first-order valence-electron chi connectivity index (χ1n) is 6.99. The molecule has 1 saturated carbocycles. The summed E-state index contributed by atoms with van der Waals surface area (Å²) in [4.78, 5) is 12.2. The number of nitrogens with two attached hydrogens (primary N) is 1. The Labute approximate surface area is 111 Å². The molecule has 4 heteroatoms. The molecule has 0 heterocycles. The average Bonchev–Trinajstić information content (AvgIpc) is 2.29. The van der Waals surface area contributed by atoms with E-state index in [4.69, 9.17) is 10.5 Å². The second-order valence-electron chi connectivity index (χ2n) is 6.11. The van der Waals surface area contributed by atoms with E-state index in [0.717, 1.165) is 32.2 Å². The molecule has 0 radical (unpaired) electrons. The molecule has 18 heavy (non-hydrogen) atoms. The molecule has 4 nitrogen and oxygen atoms in total. The highest BCUT2D eigenvalue weighted by molar-refractivity contribution is 5.79. The summed E-state index contributed by atoms with van der Waals surface area (Å²) in [6.45, 7) is 5.26. The van der Waals surface area contributed by atoms with E-state index in [1.807, 2.05) is 13.8 Å². The lowest BCUT2D eigenvalue weighted by molar-refractivity contribution is -0.128. The number of hydrogen-bond acceptors (Lipinski definition) is 3. The number of ether oxygens (including phenoxy) is 1. The third-order valence-corrected chi connectivity index (χ3v) is 3.70. The first kappa shape index (κ1) is 15.4. The highest BCUT2D eigenvalue weighted by Gasteiger charge is 2.30. The van der Waals surface area contributed by atoms with Crippen molar-refractivity contribution in [2.45, 2.75) is 51.5 Å². The standard InChI is InChI=1S/C14H28N2O2/c1-14(2,10-18-3)16-13(17)12-6-4-5-11(9-12)7-8-15/h11-12H,4-10,15H2,1-3H3,(H,16,17). The van der Waals surface area contributed by atoms with Crippen LogP contribution in [-0.2, 0) is 9.53 Å². The number of carbonyl (C=O) groups excluding carboxylic acids is 1. The largest absolute Gasteiger partial charge is 0.382 e. The Morgan fingerprint density at radius 1 is 1.44 bits per heavy atom. The summed E-state index contributed by atoms with van der Waals surface area (Å²) in [7, 11) is 1.66. The first-order valence-corrected chi connectivity index (χ1v) is 6.99. The summed E-state index contributed by atoms with van der Waals surface area (Å²) in [5, 5.41) is 3.09. The third-order valence-electron chi connectivity index (χ3n) is 3.70. The van der Waals surface area contributed by atoms with Crippen molar-refractivity contribution in [1.82, 2.24) is 5.32 Å². The molecule has 0 aromatic carbocycles. The Morgan fingerprint density at radius 2 is 2.17 bits per heavy atom. The van der Waals surface area contributed by atoms with Gasteiger partial charge in [-0.2, -0.15) is 0 Å². The van der Waals surface area contributed by atoms with Crippen LogP contribution in [0.4, 0.5) is 0 Å². The summed E-state index contributed by atoms with van der Waals surface area (Å²) in [5.41, 5.74) is 5.32. The van der Waals surface area contributed by atoms with E-state index >= 15 is 0 Å². The molecular formula is C14H28N2O2. The molecule has 0 aromatic rings. The third kappa shape index (κ3) is 4.94. The zero-order chi connectivity index (χ0) is 13.6. The van der Waals surface area contributed by atoms with Gasteiger partial charge in [-0.3, -0.25) is 4.79 Å². The van der Waals surface area contributed by atoms with Crippen LogP contribution in [-0.4, -0.2) is 31.7 Å². The molecule has 2 atom stereocenters. The van der Waals surface area contributed by atoms with Gasteiger partial charge in [-0.25, -0.2) is 0 Å². The minimum absolute atomic E-state index is 0.159. The summed E-state index contributed by atoms with van der Waals surface area (Å²) in [6.07, 6.45) is 5.42. The number of amides is 1. The molecule has 2 unspecified atom stereocenters. The van der Waals surface area contributed by atoms with E-state index in [0.29, 0.717) is 12.5 Å². The molecule has 0 aromatic heterocycles. The predicted octanol–water partition coefficient (Wildman–Crippen LogP) is 1.68. The van der Waals surface area contributed by atoms with Crippen LogP contribution in [0.3, 0.4) is 0 Å². The smallest absolute Gasteiger partial charge is 0.223 e. The van der Waals surface area contributed by atoms with Gasteiger partial charge in [0.1, 0.15) is 0 Å². The maximum Gasteiger partial charge on any atom is 0.223 e. The summed E-state index contributed by atoms with van der Waals surface area (Å²) >= 11 is 0. The Bertz CT molecular complexity index is 265. The van der Waals surface area contributed by atoms with E-state index in [2.05, 4.69) is 5.32 Å². The fourth-order valence-corrected chi connectivity index (χ4v) is 2.86. The molecule has 0 saturated heterocycles. The lowest BCUT2D eigenvalue weighted by Gasteiger charge is -2.32. The lowest BCUT2D eigenvalue weighted by atomic mass is 9.79. The van der Waals surface area contributed by atoms with Gasteiger partial charge in [0.05, 0.1) is 12.1 Å². The van der Waals surface area contributed by atoms with Gasteiger partial charge in [-0.05, 0) is 45.6 Å². The van der Waals surface area contributed by atoms with Crippen molar-refractivity contribution in [2.24, 2.45) is 17.6 Å². The van der Waals surface area contributed by atoms with Crippen LogP contribution in [0, 0.1) is 11.8 Å². The number of methoxy groups -OCH3 is 1. The molecule has 1 aliphatic carbocycles. The van der Waals surface area contributed by atoms with Gasteiger partial charge in [0.25, 0.3) is 0 Å². The molecule has 1 aliphatic rings. The van der Waals surface area contributed by atoms with Crippen molar-refractivity contribution in [3.8, 4) is 0 Å². The molecule has 0 spiro atoms. The van der Waals surface area contributed by atoms with Gasteiger partial charge in [0.15, 0.2) is 0 Å². The van der Waals surface area contributed by atoms with Gasteiger partial charge in [0, 0.05) is 13.0 Å². The van der Waals surface area contributed by atoms with Crippen molar-refractivity contribution in [1.29, 1.82) is 0 Å². The Balaban J connectivity index is 2.45. The van der Waals surface area contributed by atoms with Crippen LogP contribution in [0.15, 0.2) is 0 Å². The summed E-state index contributed by atoms with van der Waals surface area (Å²) in [5.74, 6) is 0.968. The highest BCUT2D eigenvalue weighted by atomic mass is 16.5. The van der Waals surface area contributed by atoms with Crippen LogP contribution in [0.25, 0.3) is 0 Å². The topological polar surface area (TPSA) is 64.3 Å². The van der Waals surface area contributed by atoms with E-state index in [-0.39, 0.29) is 17.4 Å². The second kappa shape index (κ2) is 7.10. The van der Waals surface area contributed by atoms with Crippen molar-refractivity contribution >= 4 is 5.91 Å². The molecule has 1 fully saturated rings. The molecule has 106 valence electrons. The number of nitrogens with one attached hydrogen (secondary N) is 1. The monoisotopic (exact) mass is 256 g/mol. The highest BCUT2D eigenvalue weighted by Crippen LogP contribution is 2.31. The minimum Gasteiger partial charge on any atom is -0.382 e. The number of carbonyl (C=O) groups is 1. The molecule has 0 aliphatic heterocycles. The second-order valence-corrected chi connectivity index (χ2v) is 6.11. The molecule has 1 amide bonds. The van der Waals surface area contributed by atoms with E-state index in [1.54, 1.807) is 7.11 Å². The zero-order valence-corrected chi connectivity index (χ0v) is 12.0. The van der Waals surface area contributed by atoms with Gasteiger partial charge in [-0.15, -0.1) is 0 Å².